The zero-order valence-corrected chi connectivity index (χ0v) is 13.7. The van der Waals surface area contributed by atoms with Crippen LogP contribution in [0.25, 0.3) is 0 Å². The SMILES string of the molecule is CCCC1NC(CCC)N(C2CCN3CCCCC23)C1=O. The Labute approximate surface area is 129 Å². The van der Waals surface area contributed by atoms with Gasteiger partial charge in [-0.25, -0.2) is 0 Å². The number of piperidine rings is 1. The fourth-order valence-corrected chi connectivity index (χ4v) is 4.65. The van der Waals surface area contributed by atoms with Crippen LogP contribution in [0.4, 0.5) is 0 Å². The molecule has 3 heterocycles. The summed E-state index contributed by atoms with van der Waals surface area (Å²) in [5.74, 6) is 0.382. The van der Waals surface area contributed by atoms with Gasteiger partial charge in [0.1, 0.15) is 0 Å². The first-order chi connectivity index (χ1) is 10.3. The lowest BCUT2D eigenvalue weighted by Gasteiger charge is -2.38. The summed E-state index contributed by atoms with van der Waals surface area (Å²) in [5, 5.41) is 3.62. The van der Waals surface area contributed by atoms with Gasteiger partial charge in [0, 0.05) is 12.6 Å². The number of hydrogen-bond acceptors (Lipinski definition) is 3. The summed E-state index contributed by atoms with van der Waals surface area (Å²) < 4.78 is 0. The molecule has 3 fully saturated rings. The first-order valence-electron chi connectivity index (χ1n) is 9.08. The van der Waals surface area contributed by atoms with E-state index in [1.165, 1.54) is 38.8 Å². The van der Waals surface area contributed by atoms with E-state index in [-0.39, 0.29) is 12.2 Å². The number of rotatable bonds is 5. The molecule has 1 amide bonds. The monoisotopic (exact) mass is 293 g/mol. The third-order valence-corrected chi connectivity index (χ3v) is 5.60. The number of fused-ring (bicyclic) bond motifs is 1. The Morgan fingerprint density at radius 2 is 1.86 bits per heavy atom. The molecule has 1 N–H and O–H groups in total. The van der Waals surface area contributed by atoms with E-state index in [2.05, 4.69) is 29.0 Å². The Morgan fingerprint density at radius 3 is 2.62 bits per heavy atom. The first kappa shape index (κ1) is 15.3. The van der Waals surface area contributed by atoms with Crippen molar-refractivity contribution in [1.29, 1.82) is 0 Å². The summed E-state index contributed by atoms with van der Waals surface area (Å²) in [6.07, 6.45) is 9.72. The minimum absolute atomic E-state index is 0.0733. The minimum Gasteiger partial charge on any atom is -0.321 e. The standard InChI is InChI=1S/C17H31N3O/c1-3-7-13-17(21)20(16(18-13)8-4-2)15-10-12-19-11-6-5-9-14(15)19/h13-16,18H,3-12H2,1-2H3. The Balaban J connectivity index is 1.75. The summed E-state index contributed by atoms with van der Waals surface area (Å²) >= 11 is 0. The van der Waals surface area contributed by atoms with Gasteiger partial charge in [-0.3, -0.25) is 15.0 Å². The van der Waals surface area contributed by atoms with Crippen molar-refractivity contribution in [3.63, 3.8) is 0 Å². The van der Waals surface area contributed by atoms with Crippen molar-refractivity contribution in [2.75, 3.05) is 13.1 Å². The smallest absolute Gasteiger partial charge is 0.241 e. The molecule has 0 aromatic rings. The van der Waals surface area contributed by atoms with Gasteiger partial charge in [-0.2, -0.15) is 0 Å². The van der Waals surface area contributed by atoms with E-state index in [1.54, 1.807) is 0 Å². The second-order valence-corrected chi connectivity index (χ2v) is 7.01. The average Bonchev–Trinajstić information content (AvgIpc) is 3.02. The first-order valence-corrected chi connectivity index (χ1v) is 9.08. The third-order valence-electron chi connectivity index (χ3n) is 5.60. The van der Waals surface area contributed by atoms with E-state index in [9.17, 15) is 4.79 Å². The van der Waals surface area contributed by atoms with Gasteiger partial charge in [0.15, 0.2) is 0 Å². The summed E-state index contributed by atoms with van der Waals surface area (Å²) in [5.41, 5.74) is 0. The number of nitrogens with zero attached hydrogens (tertiary/aromatic N) is 2. The predicted molar refractivity (Wildman–Crippen MR) is 85.0 cm³/mol. The molecule has 3 saturated heterocycles. The molecular weight excluding hydrogens is 262 g/mol. The number of hydrogen-bond donors (Lipinski definition) is 1. The molecule has 3 aliphatic rings. The summed E-state index contributed by atoms with van der Waals surface area (Å²) in [7, 11) is 0. The second kappa shape index (κ2) is 6.66. The van der Waals surface area contributed by atoms with Crippen LogP contribution in [0.5, 0.6) is 0 Å². The van der Waals surface area contributed by atoms with Gasteiger partial charge in [0.05, 0.1) is 18.2 Å². The lowest BCUT2D eigenvalue weighted by molar-refractivity contribution is -0.133. The van der Waals surface area contributed by atoms with Crippen molar-refractivity contribution in [2.24, 2.45) is 0 Å². The Kier molecular flexibility index (Phi) is 4.85. The molecule has 0 bridgehead atoms. The largest absolute Gasteiger partial charge is 0.321 e. The molecule has 3 aliphatic heterocycles. The lowest BCUT2D eigenvalue weighted by Crippen LogP contribution is -2.51. The van der Waals surface area contributed by atoms with E-state index in [0.717, 1.165) is 25.7 Å². The molecule has 0 aromatic heterocycles. The third kappa shape index (κ3) is 2.85. The van der Waals surface area contributed by atoms with Crippen LogP contribution in [0.1, 0.15) is 65.2 Å². The van der Waals surface area contributed by atoms with Crippen LogP contribution >= 0.6 is 0 Å². The van der Waals surface area contributed by atoms with Crippen LogP contribution in [0.3, 0.4) is 0 Å². The van der Waals surface area contributed by atoms with Gasteiger partial charge in [0.2, 0.25) is 5.91 Å². The van der Waals surface area contributed by atoms with Gasteiger partial charge in [-0.15, -0.1) is 0 Å². The Morgan fingerprint density at radius 1 is 1.05 bits per heavy atom. The molecule has 0 spiro atoms. The van der Waals surface area contributed by atoms with E-state index < -0.39 is 0 Å². The van der Waals surface area contributed by atoms with Crippen molar-refractivity contribution in [3.8, 4) is 0 Å². The normalized spacial score (nSPS) is 37.2. The number of carbonyl (C=O) groups is 1. The molecule has 4 heteroatoms. The highest BCUT2D eigenvalue weighted by molar-refractivity contribution is 5.84. The fraction of sp³-hybridized carbons (Fsp3) is 0.941. The summed E-state index contributed by atoms with van der Waals surface area (Å²) in [4.78, 5) is 17.8. The van der Waals surface area contributed by atoms with Crippen molar-refractivity contribution < 1.29 is 4.79 Å². The van der Waals surface area contributed by atoms with Gasteiger partial charge < -0.3 is 4.90 Å². The maximum atomic E-state index is 12.9. The maximum absolute atomic E-state index is 12.9. The average molecular weight is 293 g/mol. The Bertz CT molecular complexity index is 373. The Hall–Kier alpha value is -0.610. The van der Waals surface area contributed by atoms with Gasteiger partial charge in [-0.05, 0) is 38.6 Å². The van der Waals surface area contributed by atoms with E-state index >= 15 is 0 Å². The molecule has 21 heavy (non-hydrogen) atoms. The zero-order chi connectivity index (χ0) is 14.8. The number of carbonyl (C=O) groups excluding carboxylic acids is 1. The number of amides is 1. The molecule has 4 unspecified atom stereocenters. The molecule has 3 rings (SSSR count). The molecule has 0 radical (unpaired) electrons. The van der Waals surface area contributed by atoms with E-state index in [1.807, 2.05) is 0 Å². The number of nitrogens with one attached hydrogen (secondary N) is 1. The molecule has 120 valence electrons. The molecule has 0 saturated carbocycles. The van der Waals surface area contributed by atoms with Crippen LogP contribution in [0.15, 0.2) is 0 Å². The van der Waals surface area contributed by atoms with Crippen LogP contribution in [0, 0.1) is 0 Å². The van der Waals surface area contributed by atoms with Gasteiger partial charge in [0.25, 0.3) is 0 Å². The predicted octanol–water partition coefficient (Wildman–Crippen LogP) is 2.34. The van der Waals surface area contributed by atoms with Gasteiger partial charge >= 0.3 is 0 Å². The summed E-state index contributed by atoms with van der Waals surface area (Å²) in [6, 6.07) is 1.16. The fourth-order valence-electron chi connectivity index (χ4n) is 4.65. The van der Waals surface area contributed by atoms with Crippen LogP contribution in [0.2, 0.25) is 0 Å². The topological polar surface area (TPSA) is 35.6 Å². The molecular formula is C17H31N3O. The maximum Gasteiger partial charge on any atom is 0.241 e. The second-order valence-electron chi connectivity index (χ2n) is 7.01. The van der Waals surface area contributed by atoms with Crippen molar-refractivity contribution in [3.05, 3.63) is 0 Å². The highest BCUT2D eigenvalue weighted by atomic mass is 16.2. The van der Waals surface area contributed by atoms with Crippen molar-refractivity contribution >= 4 is 5.91 Å². The molecule has 4 atom stereocenters. The molecule has 4 nitrogen and oxygen atoms in total. The lowest BCUT2D eigenvalue weighted by atomic mass is 9.97. The highest BCUT2D eigenvalue weighted by Crippen LogP contribution is 2.34. The summed E-state index contributed by atoms with van der Waals surface area (Å²) in [6.45, 7) is 6.83. The van der Waals surface area contributed by atoms with Crippen molar-refractivity contribution in [2.45, 2.75) is 89.5 Å². The zero-order valence-electron chi connectivity index (χ0n) is 13.7. The minimum atomic E-state index is 0.0733. The molecule has 0 aliphatic carbocycles. The van der Waals surface area contributed by atoms with Crippen LogP contribution in [-0.4, -0.2) is 53.1 Å². The van der Waals surface area contributed by atoms with Crippen molar-refractivity contribution in [1.82, 2.24) is 15.1 Å². The van der Waals surface area contributed by atoms with E-state index in [0.29, 0.717) is 18.0 Å². The highest BCUT2D eigenvalue weighted by Gasteiger charge is 2.47. The van der Waals surface area contributed by atoms with E-state index in [4.69, 9.17) is 0 Å². The quantitative estimate of drug-likeness (QED) is 0.845. The molecule has 0 aromatic carbocycles. The van der Waals surface area contributed by atoms with Crippen LogP contribution < -0.4 is 5.32 Å². The van der Waals surface area contributed by atoms with Crippen LogP contribution in [-0.2, 0) is 4.79 Å². The van der Waals surface area contributed by atoms with Gasteiger partial charge in [-0.1, -0.05) is 33.1 Å².